The first-order valence-corrected chi connectivity index (χ1v) is 5.57. The monoisotopic (exact) mass is 219 g/mol. The van der Waals surface area contributed by atoms with Crippen LogP contribution in [0.3, 0.4) is 0 Å². The molecule has 0 saturated heterocycles. The highest BCUT2D eigenvalue weighted by Gasteiger charge is 1.99. The van der Waals surface area contributed by atoms with E-state index < -0.39 is 0 Å². The molecule has 0 atom stereocenters. The number of rotatable bonds is 6. The Labute approximate surface area is 95.1 Å². The minimum Gasteiger partial charge on any atom is -0.334 e. The fourth-order valence-corrected chi connectivity index (χ4v) is 1.62. The molecule has 0 saturated carbocycles. The molecule has 5 heteroatoms. The van der Waals surface area contributed by atoms with Gasteiger partial charge < -0.3 is 9.88 Å². The molecule has 2 heterocycles. The van der Waals surface area contributed by atoms with Crippen molar-refractivity contribution in [3.8, 4) is 0 Å². The van der Waals surface area contributed by atoms with Gasteiger partial charge in [-0.2, -0.15) is 5.10 Å². The molecule has 86 valence electrons. The Morgan fingerprint density at radius 2 is 2.38 bits per heavy atom. The number of nitrogens with one attached hydrogen (secondary N) is 1. The Morgan fingerprint density at radius 1 is 1.44 bits per heavy atom. The van der Waals surface area contributed by atoms with E-state index in [1.165, 1.54) is 5.69 Å². The van der Waals surface area contributed by atoms with Gasteiger partial charge in [-0.1, -0.05) is 0 Å². The molecule has 0 radical (unpaired) electrons. The van der Waals surface area contributed by atoms with Gasteiger partial charge >= 0.3 is 0 Å². The van der Waals surface area contributed by atoms with Gasteiger partial charge in [0.1, 0.15) is 0 Å². The number of hydrogen-bond donors (Lipinski definition) is 1. The Hall–Kier alpha value is -1.62. The van der Waals surface area contributed by atoms with Crippen LogP contribution in [0, 0.1) is 0 Å². The van der Waals surface area contributed by atoms with Gasteiger partial charge in [-0.05, 0) is 13.0 Å². The van der Waals surface area contributed by atoms with Crippen LogP contribution in [0.5, 0.6) is 0 Å². The van der Waals surface area contributed by atoms with Crippen molar-refractivity contribution >= 4 is 0 Å². The summed E-state index contributed by atoms with van der Waals surface area (Å²) in [5.74, 6) is 0. The highest BCUT2D eigenvalue weighted by Crippen LogP contribution is 1.97. The van der Waals surface area contributed by atoms with Crippen LogP contribution in [0.25, 0.3) is 0 Å². The molecule has 0 aliphatic rings. The number of imidazole rings is 1. The van der Waals surface area contributed by atoms with Crippen molar-refractivity contribution < 1.29 is 0 Å². The predicted octanol–water partition coefficient (Wildman–Crippen LogP) is 0.889. The maximum atomic E-state index is 4.14. The van der Waals surface area contributed by atoms with E-state index >= 15 is 0 Å². The molecule has 5 nitrogen and oxygen atoms in total. The van der Waals surface area contributed by atoms with E-state index in [1.807, 2.05) is 29.5 Å². The van der Waals surface area contributed by atoms with Crippen molar-refractivity contribution in [2.45, 2.75) is 26.6 Å². The summed E-state index contributed by atoms with van der Waals surface area (Å²) in [5, 5.41) is 7.52. The summed E-state index contributed by atoms with van der Waals surface area (Å²) in [7, 11) is 0. The third-order valence-electron chi connectivity index (χ3n) is 2.52. The minimum absolute atomic E-state index is 0.856. The molecule has 0 spiro atoms. The predicted molar refractivity (Wildman–Crippen MR) is 61.8 cm³/mol. The highest BCUT2D eigenvalue weighted by atomic mass is 15.3. The summed E-state index contributed by atoms with van der Waals surface area (Å²) < 4.78 is 4.06. The average molecular weight is 219 g/mol. The molecular formula is C11H17N5. The maximum Gasteiger partial charge on any atom is 0.0948 e. The molecule has 0 aliphatic heterocycles. The summed E-state index contributed by atoms with van der Waals surface area (Å²) >= 11 is 0. The first kappa shape index (κ1) is 10.9. The molecule has 16 heavy (non-hydrogen) atoms. The van der Waals surface area contributed by atoms with Gasteiger partial charge in [0, 0.05) is 38.2 Å². The normalized spacial score (nSPS) is 10.8. The standard InChI is InChI=1S/C11H17N5/c1-2-15-10-13-9-11(15)8-12-5-7-16-6-3-4-14-16/h3-4,6,9-10,12H,2,5,7-8H2,1H3. The van der Waals surface area contributed by atoms with Gasteiger partial charge in [0.05, 0.1) is 18.6 Å². The van der Waals surface area contributed by atoms with E-state index in [9.17, 15) is 0 Å². The Kier molecular flexibility index (Phi) is 3.71. The van der Waals surface area contributed by atoms with Gasteiger partial charge in [-0.15, -0.1) is 0 Å². The van der Waals surface area contributed by atoms with Crippen LogP contribution in [0.4, 0.5) is 0 Å². The van der Waals surface area contributed by atoms with Crippen molar-refractivity contribution in [3.63, 3.8) is 0 Å². The molecule has 0 unspecified atom stereocenters. The largest absolute Gasteiger partial charge is 0.334 e. The molecule has 2 aromatic rings. The number of hydrogen-bond acceptors (Lipinski definition) is 3. The molecule has 2 aromatic heterocycles. The summed E-state index contributed by atoms with van der Waals surface area (Å²) in [4.78, 5) is 4.13. The Bertz CT molecular complexity index is 404. The number of aromatic nitrogens is 4. The van der Waals surface area contributed by atoms with E-state index in [0.717, 1.165) is 26.2 Å². The first-order valence-electron chi connectivity index (χ1n) is 5.57. The molecular weight excluding hydrogens is 202 g/mol. The van der Waals surface area contributed by atoms with Crippen LogP contribution in [-0.2, 0) is 19.6 Å². The lowest BCUT2D eigenvalue weighted by molar-refractivity contribution is 0.542. The van der Waals surface area contributed by atoms with Crippen molar-refractivity contribution in [2.75, 3.05) is 6.54 Å². The third kappa shape index (κ3) is 2.70. The van der Waals surface area contributed by atoms with Gasteiger partial charge in [0.25, 0.3) is 0 Å². The van der Waals surface area contributed by atoms with E-state index in [1.54, 1.807) is 6.20 Å². The summed E-state index contributed by atoms with van der Waals surface area (Å²) in [6.45, 7) is 5.75. The van der Waals surface area contributed by atoms with Gasteiger partial charge in [0.15, 0.2) is 0 Å². The Morgan fingerprint density at radius 3 is 3.12 bits per heavy atom. The smallest absolute Gasteiger partial charge is 0.0948 e. The second-order valence-electron chi connectivity index (χ2n) is 3.62. The van der Waals surface area contributed by atoms with Crippen LogP contribution in [0.15, 0.2) is 31.0 Å². The van der Waals surface area contributed by atoms with Crippen LogP contribution in [0.2, 0.25) is 0 Å². The molecule has 1 N–H and O–H groups in total. The minimum atomic E-state index is 0.856. The van der Waals surface area contributed by atoms with E-state index in [0.29, 0.717) is 0 Å². The maximum absolute atomic E-state index is 4.14. The fraction of sp³-hybridized carbons (Fsp3) is 0.455. The zero-order valence-corrected chi connectivity index (χ0v) is 9.50. The lowest BCUT2D eigenvalue weighted by Gasteiger charge is -2.07. The van der Waals surface area contributed by atoms with Crippen LogP contribution in [0.1, 0.15) is 12.6 Å². The van der Waals surface area contributed by atoms with E-state index in [4.69, 9.17) is 0 Å². The molecule has 0 bridgehead atoms. The zero-order chi connectivity index (χ0) is 11.2. The Balaban J connectivity index is 1.72. The molecule has 0 aromatic carbocycles. The van der Waals surface area contributed by atoms with Crippen molar-refractivity contribution in [3.05, 3.63) is 36.7 Å². The van der Waals surface area contributed by atoms with Crippen molar-refractivity contribution in [1.29, 1.82) is 0 Å². The second-order valence-corrected chi connectivity index (χ2v) is 3.62. The second kappa shape index (κ2) is 5.46. The summed E-state index contributed by atoms with van der Waals surface area (Å²) in [6, 6.07) is 1.94. The van der Waals surface area contributed by atoms with Crippen LogP contribution >= 0.6 is 0 Å². The lowest BCUT2D eigenvalue weighted by Crippen LogP contribution is -2.21. The molecule has 0 fully saturated rings. The summed E-state index contributed by atoms with van der Waals surface area (Å²) in [6.07, 6.45) is 7.54. The average Bonchev–Trinajstić information content (AvgIpc) is 2.95. The van der Waals surface area contributed by atoms with Gasteiger partial charge in [-0.25, -0.2) is 4.98 Å². The quantitative estimate of drug-likeness (QED) is 0.734. The van der Waals surface area contributed by atoms with E-state index in [2.05, 4.69) is 26.9 Å². The first-order chi connectivity index (χ1) is 7.90. The van der Waals surface area contributed by atoms with Crippen LogP contribution in [-0.4, -0.2) is 25.9 Å². The van der Waals surface area contributed by atoms with Crippen molar-refractivity contribution in [1.82, 2.24) is 24.6 Å². The highest BCUT2D eigenvalue weighted by molar-refractivity contribution is 4.97. The molecule has 0 amide bonds. The number of aryl methyl sites for hydroxylation is 1. The third-order valence-corrected chi connectivity index (χ3v) is 2.52. The topological polar surface area (TPSA) is 47.7 Å². The van der Waals surface area contributed by atoms with Gasteiger partial charge in [-0.3, -0.25) is 4.68 Å². The van der Waals surface area contributed by atoms with E-state index in [-0.39, 0.29) is 0 Å². The van der Waals surface area contributed by atoms with Crippen LogP contribution < -0.4 is 5.32 Å². The zero-order valence-electron chi connectivity index (χ0n) is 9.50. The van der Waals surface area contributed by atoms with Gasteiger partial charge in [0.2, 0.25) is 0 Å². The van der Waals surface area contributed by atoms with Crippen molar-refractivity contribution in [2.24, 2.45) is 0 Å². The fourth-order valence-electron chi connectivity index (χ4n) is 1.62. The molecule has 2 rings (SSSR count). The molecule has 0 aliphatic carbocycles. The lowest BCUT2D eigenvalue weighted by atomic mass is 10.4. The SMILES string of the molecule is CCn1cncc1CNCCn1cccn1. The summed E-state index contributed by atoms with van der Waals surface area (Å²) in [5.41, 5.74) is 1.22. The number of nitrogens with zero attached hydrogens (tertiary/aromatic N) is 4.